The van der Waals surface area contributed by atoms with E-state index in [9.17, 15) is 4.79 Å². The fourth-order valence-electron chi connectivity index (χ4n) is 1.54. The minimum atomic E-state index is 0. The van der Waals surface area contributed by atoms with Gasteiger partial charge in [0.15, 0.2) is 5.96 Å². The van der Waals surface area contributed by atoms with Crippen LogP contribution in [0.4, 0.5) is 0 Å². The maximum absolute atomic E-state index is 11.4. The maximum atomic E-state index is 11.4. The summed E-state index contributed by atoms with van der Waals surface area (Å²) < 4.78 is 0. The van der Waals surface area contributed by atoms with Gasteiger partial charge in [-0.2, -0.15) is 0 Å². The van der Waals surface area contributed by atoms with E-state index in [0.29, 0.717) is 13.1 Å². The molecule has 7 heteroatoms. The zero-order chi connectivity index (χ0) is 15.0. The lowest BCUT2D eigenvalue weighted by atomic mass is 10.2. The molecule has 1 rings (SSSR count). The molecule has 1 heterocycles. The van der Waals surface area contributed by atoms with Crippen molar-refractivity contribution in [3.05, 3.63) is 21.9 Å². The van der Waals surface area contributed by atoms with Crippen molar-refractivity contribution in [2.75, 3.05) is 20.1 Å². The van der Waals surface area contributed by atoms with E-state index in [4.69, 9.17) is 0 Å². The van der Waals surface area contributed by atoms with Crippen molar-refractivity contribution in [1.82, 2.24) is 16.0 Å². The molecule has 0 aliphatic rings. The number of aryl methyl sites for hydroxylation is 1. The second-order valence-corrected chi connectivity index (χ2v) is 6.18. The van der Waals surface area contributed by atoms with E-state index in [1.54, 1.807) is 18.4 Å². The molecule has 0 saturated heterocycles. The summed E-state index contributed by atoms with van der Waals surface area (Å²) >= 11 is 1.77. The van der Waals surface area contributed by atoms with Gasteiger partial charge in [-0.3, -0.25) is 9.79 Å². The Morgan fingerprint density at radius 2 is 1.90 bits per heavy atom. The van der Waals surface area contributed by atoms with Crippen LogP contribution in [0.15, 0.2) is 17.1 Å². The summed E-state index contributed by atoms with van der Waals surface area (Å²) in [6, 6.07) is 4.22. The van der Waals surface area contributed by atoms with Gasteiger partial charge in [0.1, 0.15) is 0 Å². The van der Waals surface area contributed by atoms with E-state index in [-0.39, 0.29) is 35.8 Å². The molecule has 0 bridgehead atoms. The highest BCUT2D eigenvalue weighted by Crippen LogP contribution is 2.14. The highest BCUT2D eigenvalue weighted by atomic mass is 127. The summed E-state index contributed by atoms with van der Waals surface area (Å²) in [5.41, 5.74) is 0. The molecule has 0 fully saturated rings. The van der Waals surface area contributed by atoms with Gasteiger partial charge in [-0.05, 0) is 19.1 Å². The van der Waals surface area contributed by atoms with Crippen LogP contribution in [0.3, 0.4) is 0 Å². The number of nitrogens with one attached hydrogen (secondary N) is 3. The fourth-order valence-corrected chi connectivity index (χ4v) is 2.37. The summed E-state index contributed by atoms with van der Waals surface area (Å²) in [7, 11) is 1.74. The van der Waals surface area contributed by atoms with Crippen LogP contribution in [0.2, 0.25) is 0 Å². The first kappa shape index (κ1) is 20.2. The molecular weight excluding hydrogens is 399 g/mol. The molecule has 0 atom stereocenters. The van der Waals surface area contributed by atoms with E-state index in [1.807, 2.05) is 13.8 Å². The first-order chi connectivity index (χ1) is 9.52. The zero-order valence-electron chi connectivity index (χ0n) is 13.0. The lowest BCUT2D eigenvalue weighted by molar-refractivity contribution is -0.123. The SMILES string of the molecule is CN=C(NCCNC(=O)C(C)C)NCc1ccc(C)s1.I. The normalized spacial score (nSPS) is 11.0. The van der Waals surface area contributed by atoms with Gasteiger partial charge in [0.25, 0.3) is 0 Å². The first-order valence-electron chi connectivity index (χ1n) is 6.80. The van der Waals surface area contributed by atoms with Gasteiger partial charge in [0, 0.05) is 35.8 Å². The second kappa shape index (κ2) is 10.8. The van der Waals surface area contributed by atoms with Gasteiger partial charge in [-0.15, -0.1) is 35.3 Å². The Hall–Kier alpha value is -0.830. The molecule has 1 aromatic rings. The molecule has 0 radical (unpaired) electrons. The number of aliphatic imine (C=N–C) groups is 1. The third kappa shape index (κ3) is 8.25. The molecule has 0 unspecified atom stereocenters. The van der Waals surface area contributed by atoms with E-state index in [1.165, 1.54) is 9.75 Å². The van der Waals surface area contributed by atoms with E-state index >= 15 is 0 Å². The van der Waals surface area contributed by atoms with E-state index in [0.717, 1.165) is 12.5 Å². The Morgan fingerprint density at radius 3 is 2.43 bits per heavy atom. The Kier molecular flexibility index (Phi) is 10.4. The Bertz CT molecular complexity index is 460. The smallest absolute Gasteiger partial charge is 0.222 e. The number of nitrogens with zero attached hydrogens (tertiary/aromatic N) is 1. The fraction of sp³-hybridized carbons (Fsp3) is 0.571. The standard InChI is InChI=1S/C14H24N4OS.HI/c1-10(2)13(19)16-7-8-17-14(15-4)18-9-12-6-5-11(3)20-12;/h5-6,10H,7-9H2,1-4H3,(H,16,19)(H2,15,17,18);1H. The monoisotopic (exact) mass is 424 g/mol. The highest BCUT2D eigenvalue weighted by molar-refractivity contribution is 14.0. The average molecular weight is 424 g/mol. The third-order valence-corrected chi connectivity index (χ3v) is 3.69. The van der Waals surface area contributed by atoms with Gasteiger partial charge < -0.3 is 16.0 Å². The van der Waals surface area contributed by atoms with Gasteiger partial charge >= 0.3 is 0 Å². The van der Waals surface area contributed by atoms with Gasteiger partial charge in [-0.25, -0.2) is 0 Å². The van der Waals surface area contributed by atoms with E-state index in [2.05, 4.69) is 40.0 Å². The van der Waals surface area contributed by atoms with E-state index < -0.39 is 0 Å². The number of rotatable bonds is 6. The van der Waals surface area contributed by atoms with Crippen molar-refractivity contribution >= 4 is 47.2 Å². The summed E-state index contributed by atoms with van der Waals surface area (Å²) in [5.74, 6) is 0.841. The highest BCUT2D eigenvalue weighted by Gasteiger charge is 2.05. The third-order valence-electron chi connectivity index (χ3n) is 2.69. The summed E-state index contributed by atoms with van der Waals surface area (Å²) in [6.07, 6.45) is 0. The van der Waals surface area contributed by atoms with Crippen LogP contribution >= 0.6 is 35.3 Å². The van der Waals surface area contributed by atoms with Crippen LogP contribution in [0.1, 0.15) is 23.6 Å². The number of hydrogen-bond donors (Lipinski definition) is 3. The lowest BCUT2D eigenvalue weighted by Crippen LogP contribution is -2.41. The molecule has 1 aromatic heterocycles. The Morgan fingerprint density at radius 1 is 1.24 bits per heavy atom. The zero-order valence-corrected chi connectivity index (χ0v) is 16.2. The molecule has 5 nitrogen and oxygen atoms in total. The molecule has 0 aromatic carbocycles. The van der Waals surface area contributed by atoms with Crippen LogP contribution in [-0.2, 0) is 11.3 Å². The van der Waals surface area contributed by atoms with Crippen LogP contribution in [-0.4, -0.2) is 32.0 Å². The van der Waals surface area contributed by atoms with Gasteiger partial charge in [-0.1, -0.05) is 13.8 Å². The first-order valence-corrected chi connectivity index (χ1v) is 7.62. The lowest BCUT2D eigenvalue weighted by Gasteiger charge is -2.12. The van der Waals surface area contributed by atoms with Crippen molar-refractivity contribution in [1.29, 1.82) is 0 Å². The second-order valence-electron chi connectivity index (χ2n) is 4.81. The van der Waals surface area contributed by atoms with Crippen LogP contribution in [0.25, 0.3) is 0 Å². The van der Waals surface area contributed by atoms with Crippen LogP contribution < -0.4 is 16.0 Å². The summed E-state index contributed by atoms with van der Waals surface area (Å²) in [4.78, 5) is 18.1. The summed E-state index contributed by atoms with van der Waals surface area (Å²) in [6.45, 7) is 7.87. The molecule has 0 saturated carbocycles. The molecule has 21 heavy (non-hydrogen) atoms. The van der Waals surface area contributed by atoms with Crippen molar-refractivity contribution in [3.63, 3.8) is 0 Å². The van der Waals surface area contributed by atoms with Crippen LogP contribution in [0.5, 0.6) is 0 Å². The largest absolute Gasteiger partial charge is 0.355 e. The molecule has 0 aliphatic heterocycles. The van der Waals surface area contributed by atoms with Crippen molar-refractivity contribution in [2.24, 2.45) is 10.9 Å². The number of thiophene rings is 1. The molecule has 120 valence electrons. The molecule has 0 aliphatic carbocycles. The van der Waals surface area contributed by atoms with Crippen LogP contribution in [0, 0.1) is 12.8 Å². The predicted molar refractivity (Wildman–Crippen MR) is 101 cm³/mol. The topological polar surface area (TPSA) is 65.5 Å². The van der Waals surface area contributed by atoms with Crippen molar-refractivity contribution in [2.45, 2.75) is 27.3 Å². The molecule has 0 spiro atoms. The molecule has 1 amide bonds. The number of hydrogen-bond acceptors (Lipinski definition) is 3. The number of guanidine groups is 1. The minimum absolute atomic E-state index is 0. The molecule has 3 N–H and O–H groups in total. The van der Waals surface area contributed by atoms with Gasteiger partial charge in [0.05, 0.1) is 6.54 Å². The predicted octanol–water partition coefficient (Wildman–Crippen LogP) is 2.11. The quantitative estimate of drug-likeness (QED) is 0.284. The van der Waals surface area contributed by atoms with Gasteiger partial charge in [0.2, 0.25) is 5.91 Å². The van der Waals surface area contributed by atoms with Crippen molar-refractivity contribution < 1.29 is 4.79 Å². The average Bonchev–Trinajstić information content (AvgIpc) is 2.83. The Balaban J connectivity index is 0.00000400. The van der Waals surface area contributed by atoms with Crippen molar-refractivity contribution in [3.8, 4) is 0 Å². The number of carbonyl (C=O) groups is 1. The summed E-state index contributed by atoms with van der Waals surface area (Å²) in [5, 5.41) is 9.27. The minimum Gasteiger partial charge on any atom is -0.355 e. The number of amides is 1. The number of carbonyl (C=O) groups excluding carboxylic acids is 1. The number of halogens is 1. The Labute approximate surface area is 148 Å². The molecular formula is C14H25IN4OS. The maximum Gasteiger partial charge on any atom is 0.222 e.